The topological polar surface area (TPSA) is 42.9 Å². The standard InChI is InChI=1S/C20H34FN5S.HI/c1-4-22-20(24-16-17(2)26-13-11-25(3)12-14-26)23-10-5-15-27-19-8-6-18(21)7-9-19;/h6-9,17H,4-5,10-16H2,1-3H3,(H2,22,23,24);1H. The van der Waals surface area contributed by atoms with Crippen LogP contribution in [0.2, 0.25) is 0 Å². The van der Waals surface area contributed by atoms with Crippen LogP contribution in [-0.4, -0.2) is 80.4 Å². The quantitative estimate of drug-likeness (QED) is 0.171. The zero-order valence-corrected chi connectivity index (χ0v) is 20.4. The minimum atomic E-state index is -0.182. The minimum Gasteiger partial charge on any atom is -0.357 e. The summed E-state index contributed by atoms with van der Waals surface area (Å²) in [5.74, 6) is 1.71. The molecule has 1 saturated heterocycles. The van der Waals surface area contributed by atoms with Crippen LogP contribution in [0.3, 0.4) is 0 Å². The first-order valence-electron chi connectivity index (χ1n) is 9.91. The Balaban J connectivity index is 0.00000392. The first kappa shape index (κ1) is 25.5. The van der Waals surface area contributed by atoms with E-state index in [0.29, 0.717) is 6.04 Å². The number of guanidine groups is 1. The van der Waals surface area contributed by atoms with E-state index >= 15 is 0 Å². The van der Waals surface area contributed by atoms with Gasteiger partial charge in [-0.05, 0) is 57.3 Å². The largest absolute Gasteiger partial charge is 0.357 e. The number of piperazine rings is 1. The summed E-state index contributed by atoms with van der Waals surface area (Å²) in [4.78, 5) is 10.8. The molecule has 0 spiro atoms. The summed E-state index contributed by atoms with van der Waals surface area (Å²) >= 11 is 1.75. The lowest BCUT2D eigenvalue weighted by Crippen LogP contribution is -2.49. The Morgan fingerprint density at radius 3 is 2.50 bits per heavy atom. The van der Waals surface area contributed by atoms with E-state index in [1.54, 1.807) is 11.8 Å². The lowest BCUT2D eigenvalue weighted by atomic mass is 10.2. The highest BCUT2D eigenvalue weighted by molar-refractivity contribution is 14.0. The molecule has 5 nitrogen and oxygen atoms in total. The maximum absolute atomic E-state index is 12.9. The van der Waals surface area contributed by atoms with Crippen LogP contribution in [0, 0.1) is 5.82 Å². The monoisotopic (exact) mass is 523 g/mol. The summed E-state index contributed by atoms with van der Waals surface area (Å²) in [5.41, 5.74) is 0. The van der Waals surface area contributed by atoms with Gasteiger partial charge in [0.15, 0.2) is 5.96 Å². The van der Waals surface area contributed by atoms with Gasteiger partial charge in [-0.3, -0.25) is 9.89 Å². The summed E-state index contributed by atoms with van der Waals surface area (Å²) in [6.07, 6.45) is 1.03. The number of thioether (sulfide) groups is 1. The fraction of sp³-hybridized carbons (Fsp3) is 0.650. The highest BCUT2D eigenvalue weighted by Gasteiger charge is 2.18. The van der Waals surface area contributed by atoms with Crippen LogP contribution < -0.4 is 10.6 Å². The Kier molecular flexibility index (Phi) is 13.1. The van der Waals surface area contributed by atoms with E-state index in [9.17, 15) is 4.39 Å². The Bertz CT molecular complexity index is 564. The fourth-order valence-electron chi connectivity index (χ4n) is 2.94. The third kappa shape index (κ3) is 9.76. The number of nitrogens with zero attached hydrogens (tertiary/aromatic N) is 3. The van der Waals surface area contributed by atoms with Crippen molar-refractivity contribution < 1.29 is 4.39 Å². The molecule has 0 amide bonds. The van der Waals surface area contributed by atoms with Gasteiger partial charge in [0.1, 0.15) is 5.82 Å². The molecule has 1 aromatic carbocycles. The van der Waals surface area contributed by atoms with Gasteiger partial charge in [0, 0.05) is 50.2 Å². The van der Waals surface area contributed by atoms with E-state index < -0.39 is 0 Å². The lowest BCUT2D eigenvalue weighted by molar-refractivity contribution is 0.122. The summed E-state index contributed by atoms with van der Waals surface area (Å²) in [6, 6.07) is 7.15. The Morgan fingerprint density at radius 2 is 1.86 bits per heavy atom. The molecule has 1 aliphatic rings. The number of hydrogen-bond acceptors (Lipinski definition) is 4. The molecule has 1 aromatic rings. The van der Waals surface area contributed by atoms with Crippen LogP contribution in [-0.2, 0) is 0 Å². The average Bonchev–Trinajstić information content (AvgIpc) is 2.67. The summed E-state index contributed by atoms with van der Waals surface area (Å²) in [6.45, 7) is 11.4. The molecule has 0 saturated carbocycles. The van der Waals surface area contributed by atoms with Gasteiger partial charge in [-0.25, -0.2) is 4.39 Å². The second-order valence-electron chi connectivity index (χ2n) is 6.99. The molecule has 1 unspecified atom stereocenters. The van der Waals surface area contributed by atoms with Gasteiger partial charge < -0.3 is 15.5 Å². The Morgan fingerprint density at radius 1 is 1.18 bits per heavy atom. The third-order valence-electron chi connectivity index (χ3n) is 4.71. The summed E-state index contributed by atoms with van der Waals surface area (Å²) in [5, 5.41) is 6.75. The van der Waals surface area contributed by atoms with Crippen molar-refractivity contribution in [3.05, 3.63) is 30.1 Å². The van der Waals surface area contributed by atoms with Gasteiger partial charge in [0.05, 0.1) is 6.54 Å². The van der Waals surface area contributed by atoms with Gasteiger partial charge in [-0.15, -0.1) is 35.7 Å². The maximum Gasteiger partial charge on any atom is 0.191 e. The molecule has 0 radical (unpaired) electrons. The number of hydrogen-bond donors (Lipinski definition) is 2. The second-order valence-corrected chi connectivity index (χ2v) is 8.16. The highest BCUT2D eigenvalue weighted by Crippen LogP contribution is 2.18. The van der Waals surface area contributed by atoms with Crippen LogP contribution in [0.25, 0.3) is 0 Å². The van der Waals surface area contributed by atoms with E-state index in [-0.39, 0.29) is 29.8 Å². The summed E-state index contributed by atoms with van der Waals surface area (Å²) < 4.78 is 12.9. The van der Waals surface area contributed by atoms with Crippen LogP contribution in [0.1, 0.15) is 20.3 Å². The Labute approximate surface area is 190 Å². The number of benzene rings is 1. The predicted octanol–water partition coefficient (Wildman–Crippen LogP) is 3.12. The summed E-state index contributed by atoms with van der Waals surface area (Å²) in [7, 11) is 2.18. The molecule has 1 atom stereocenters. The molecule has 1 aliphatic heterocycles. The molecule has 1 fully saturated rings. The smallest absolute Gasteiger partial charge is 0.191 e. The van der Waals surface area contributed by atoms with Gasteiger partial charge in [-0.1, -0.05) is 0 Å². The van der Waals surface area contributed by atoms with Crippen LogP contribution in [0.5, 0.6) is 0 Å². The van der Waals surface area contributed by atoms with Crippen molar-refractivity contribution in [3.63, 3.8) is 0 Å². The predicted molar refractivity (Wildman–Crippen MR) is 130 cm³/mol. The molecule has 2 N–H and O–H groups in total. The fourth-order valence-corrected chi connectivity index (χ4v) is 3.80. The molecule has 0 aromatic heterocycles. The van der Waals surface area contributed by atoms with Gasteiger partial charge in [-0.2, -0.15) is 0 Å². The molecule has 0 aliphatic carbocycles. The number of rotatable bonds is 9. The van der Waals surface area contributed by atoms with Gasteiger partial charge in [0.2, 0.25) is 0 Å². The zero-order chi connectivity index (χ0) is 19.5. The normalized spacial score (nSPS) is 17.1. The minimum absolute atomic E-state index is 0. The van der Waals surface area contributed by atoms with E-state index in [4.69, 9.17) is 4.99 Å². The molecule has 8 heteroatoms. The molecular weight excluding hydrogens is 488 g/mol. The van der Waals surface area contributed by atoms with E-state index in [1.165, 1.54) is 12.1 Å². The van der Waals surface area contributed by atoms with E-state index in [2.05, 4.69) is 41.3 Å². The number of aliphatic imine (C=N–C) groups is 1. The van der Waals surface area contributed by atoms with Crippen molar-refractivity contribution >= 4 is 41.7 Å². The first-order chi connectivity index (χ1) is 13.1. The number of likely N-dealkylation sites (N-methyl/N-ethyl adjacent to an activating group) is 1. The van der Waals surface area contributed by atoms with Crippen molar-refractivity contribution in [2.75, 3.05) is 58.6 Å². The SMILES string of the molecule is CCNC(=NCC(C)N1CCN(C)CC1)NCCCSc1ccc(F)cc1.I. The van der Waals surface area contributed by atoms with Crippen molar-refractivity contribution in [1.29, 1.82) is 0 Å². The third-order valence-corrected chi connectivity index (χ3v) is 5.81. The van der Waals surface area contributed by atoms with Crippen molar-refractivity contribution in [3.8, 4) is 0 Å². The van der Waals surface area contributed by atoms with Gasteiger partial charge >= 0.3 is 0 Å². The van der Waals surface area contributed by atoms with Crippen LogP contribution in [0.15, 0.2) is 34.2 Å². The number of nitrogens with one attached hydrogen (secondary N) is 2. The molecule has 28 heavy (non-hydrogen) atoms. The average molecular weight is 524 g/mol. The second kappa shape index (κ2) is 14.4. The van der Waals surface area contributed by atoms with E-state index in [1.807, 2.05) is 12.1 Å². The van der Waals surface area contributed by atoms with Gasteiger partial charge in [0.25, 0.3) is 0 Å². The molecular formula is C20H35FIN5S. The van der Waals surface area contributed by atoms with Crippen molar-refractivity contribution in [1.82, 2.24) is 20.4 Å². The van der Waals surface area contributed by atoms with Crippen molar-refractivity contribution in [2.45, 2.75) is 31.2 Å². The molecule has 2 rings (SSSR count). The van der Waals surface area contributed by atoms with Crippen LogP contribution in [0.4, 0.5) is 4.39 Å². The van der Waals surface area contributed by atoms with Crippen LogP contribution >= 0.6 is 35.7 Å². The molecule has 1 heterocycles. The lowest BCUT2D eigenvalue weighted by Gasteiger charge is -2.35. The molecule has 160 valence electrons. The zero-order valence-electron chi connectivity index (χ0n) is 17.3. The van der Waals surface area contributed by atoms with Crippen molar-refractivity contribution in [2.24, 2.45) is 4.99 Å². The number of halogens is 2. The highest BCUT2D eigenvalue weighted by atomic mass is 127. The first-order valence-corrected chi connectivity index (χ1v) is 10.9. The van der Waals surface area contributed by atoms with E-state index in [0.717, 1.165) is 68.8 Å². The maximum atomic E-state index is 12.9. The Hall–Kier alpha value is -0.580. The molecule has 0 bridgehead atoms.